The molecule has 2 aliphatic heterocycles. The van der Waals surface area contributed by atoms with Gasteiger partial charge in [0.05, 0.1) is 5.60 Å². The molecular formula is C19H29NO2. The molecule has 0 saturated carbocycles. The van der Waals surface area contributed by atoms with Gasteiger partial charge in [-0.15, -0.1) is 0 Å². The highest BCUT2D eigenvalue weighted by Gasteiger charge is 2.38. The van der Waals surface area contributed by atoms with E-state index in [4.69, 9.17) is 9.47 Å². The summed E-state index contributed by atoms with van der Waals surface area (Å²) in [5.74, 6) is 0. The molecule has 1 aromatic carbocycles. The SMILES string of the molecule is c1ccc(CCCCNC2CCOC3(CCOCC3)C2)cc1. The highest BCUT2D eigenvalue weighted by atomic mass is 16.5. The van der Waals surface area contributed by atoms with E-state index in [1.165, 1.54) is 24.8 Å². The summed E-state index contributed by atoms with van der Waals surface area (Å²) in [6.45, 7) is 3.76. The molecule has 2 heterocycles. The second-order valence-electron chi connectivity index (χ2n) is 6.73. The summed E-state index contributed by atoms with van der Waals surface area (Å²) >= 11 is 0. The van der Waals surface area contributed by atoms with E-state index >= 15 is 0 Å². The molecule has 0 radical (unpaired) electrons. The molecule has 1 N–H and O–H groups in total. The minimum atomic E-state index is 0.109. The molecule has 22 heavy (non-hydrogen) atoms. The van der Waals surface area contributed by atoms with Crippen molar-refractivity contribution in [1.82, 2.24) is 5.32 Å². The quantitative estimate of drug-likeness (QED) is 0.818. The molecule has 1 spiro atoms. The maximum Gasteiger partial charge on any atom is 0.0741 e. The van der Waals surface area contributed by atoms with Gasteiger partial charge < -0.3 is 14.8 Å². The lowest BCUT2D eigenvalue weighted by Crippen LogP contribution is -2.50. The molecule has 0 bridgehead atoms. The fraction of sp³-hybridized carbons (Fsp3) is 0.684. The Morgan fingerprint density at radius 2 is 1.86 bits per heavy atom. The van der Waals surface area contributed by atoms with Gasteiger partial charge in [-0.05, 0) is 57.1 Å². The summed E-state index contributed by atoms with van der Waals surface area (Å²) in [4.78, 5) is 0. The van der Waals surface area contributed by atoms with E-state index in [9.17, 15) is 0 Å². The lowest BCUT2D eigenvalue weighted by atomic mass is 9.84. The van der Waals surface area contributed by atoms with E-state index in [2.05, 4.69) is 35.6 Å². The van der Waals surface area contributed by atoms with Crippen molar-refractivity contribution in [2.45, 2.75) is 56.6 Å². The van der Waals surface area contributed by atoms with Gasteiger partial charge in [0.15, 0.2) is 0 Å². The maximum absolute atomic E-state index is 6.10. The number of nitrogens with one attached hydrogen (secondary N) is 1. The van der Waals surface area contributed by atoms with E-state index in [-0.39, 0.29) is 5.60 Å². The minimum absolute atomic E-state index is 0.109. The highest BCUT2D eigenvalue weighted by Crippen LogP contribution is 2.34. The second kappa shape index (κ2) is 8.09. The molecule has 3 nitrogen and oxygen atoms in total. The first-order valence-electron chi connectivity index (χ1n) is 8.85. The average molecular weight is 303 g/mol. The molecule has 2 aliphatic rings. The zero-order valence-corrected chi connectivity index (χ0v) is 13.6. The van der Waals surface area contributed by atoms with E-state index in [0.717, 1.165) is 52.0 Å². The minimum Gasteiger partial charge on any atom is -0.381 e. The topological polar surface area (TPSA) is 30.5 Å². The van der Waals surface area contributed by atoms with Gasteiger partial charge in [0, 0.05) is 25.9 Å². The van der Waals surface area contributed by atoms with Gasteiger partial charge in [0.1, 0.15) is 0 Å². The number of aryl methyl sites for hydroxylation is 1. The maximum atomic E-state index is 6.10. The molecule has 1 atom stereocenters. The Bertz CT molecular complexity index is 423. The molecular weight excluding hydrogens is 274 g/mol. The van der Waals surface area contributed by atoms with Crippen molar-refractivity contribution < 1.29 is 9.47 Å². The van der Waals surface area contributed by atoms with Gasteiger partial charge in [-0.3, -0.25) is 0 Å². The Morgan fingerprint density at radius 3 is 2.68 bits per heavy atom. The van der Waals surface area contributed by atoms with Crippen LogP contribution in [-0.2, 0) is 15.9 Å². The summed E-state index contributed by atoms with van der Waals surface area (Å²) in [5.41, 5.74) is 1.56. The average Bonchev–Trinajstić information content (AvgIpc) is 2.56. The van der Waals surface area contributed by atoms with Gasteiger partial charge in [0.25, 0.3) is 0 Å². The summed E-state index contributed by atoms with van der Waals surface area (Å²) in [7, 11) is 0. The van der Waals surface area contributed by atoms with Crippen LogP contribution in [0.4, 0.5) is 0 Å². The van der Waals surface area contributed by atoms with Crippen molar-refractivity contribution in [1.29, 1.82) is 0 Å². The van der Waals surface area contributed by atoms with Gasteiger partial charge in [-0.2, -0.15) is 0 Å². The van der Waals surface area contributed by atoms with Gasteiger partial charge >= 0.3 is 0 Å². The van der Waals surface area contributed by atoms with Gasteiger partial charge in [-0.25, -0.2) is 0 Å². The first kappa shape index (κ1) is 16.0. The van der Waals surface area contributed by atoms with Crippen LogP contribution in [0.1, 0.15) is 44.1 Å². The summed E-state index contributed by atoms with van der Waals surface area (Å²) in [5, 5.41) is 3.76. The molecule has 122 valence electrons. The number of hydrogen-bond acceptors (Lipinski definition) is 3. The normalized spacial score (nSPS) is 24.5. The van der Waals surface area contributed by atoms with E-state index in [1.807, 2.05) is 0 Å². The lowest BCUT2D eigenvalue weighted by molar-refractivity contribution is -0.140. The molecule has 3 rings (SSSR count). The third-order valence-corrected chi connectivity index (χ3v) is 5.07. The van der Waals surface area contributed by atoms with Crippen LogP contribution in [0, 0.1) is 0 Å². The Balaban J connectivity index is 1.33. The number of unbranched alkanes of at least 4 members (excludes halogenated alkanes) is 1. The van der Waals surface area contributed by atoms with Crippen LogP contribution in [0.25, 0.3) is 0 Å². The highest BCUT2D eigenvalue weighted by molar-refractivity contribution is 5.14. The van der Waals surface area contributed by atoms with E-state index < -0.39 is 0 Å². The molecule has 2 fully saturated rings. The number of rotatable bonds is 6. The van der Waals surface area contributed by atoms with Crippen molar-refractivity contribution in [2.24, 2.45) is 0 Å². The molecule has 1 unspecified atom stereocenters. The van der Waals surface area contributed by atoms with E-state index in [0.29, 0.717) is 6.04 Å². The molecule has 3 heteroatoms. The predicted octanol–water partition coefficient (Wildman–Crippen LogP) is 3.33. The molecule has 1 aromatic rings. The van der Waals surface area contributed by atoms with Crippen LogP contribution in [0.3, 0.4) is 0 Å². The Kier molecular flexibility index (Phi) is 5.88. The molecule has 0 aliphatic carbocycles. The number of benzene rings is 1. The fourth-order valence-corrected chi connectivity index (χ4v) is 3.70. The first-order valence-corrected chi connectivity index (χ1v) is 8.85. The lowest BCUT2D eigenvalue weighted by Gasteiger charge is -2.43. The van der Waals surface area contributed by atoms with Gasteiger partial charge in [0.2, 0.25) is 0 Å². The summed E-state index contributed by atoms with van der Waals surface area (Å²) < 4.78 is 11.6. The van der Waals surface area contributed by atoms with Crippen LogP contribution in [-0.4, -0.2) is 38.0 Å². The zero-order valence-electron chi connectivity index (χ0n) is 13.6. The fourth-order valence-electron chi connectivity index (χ4n) is 3.70. The second-order valence-corrected chi connectivity index (χ2v) is 6.73. The van der Waals surface area contributed by atoms with Crippen LogP contribution >= 0.6 is 0 Å². The number of ether oxygens (including phenoxy) is 2. The summed E-state index contributed by atoms with van der Waals surface area (Å²) in [6.07, 6.45) is 8.16. The Labute approximate surface area is 134 Å². The van der Waals surface area contributed by atoms with Crippen LogP contribution < -0.4 is 5.32 Å². The predicted molar refractivity (Wildman–Crippen MR) is 89.1 cm³/mol. The van der Waals surface area contributed by atoms with Crippen LogP contribution in [0.15, 0.2) is 30.3 Å². The summed E-state index contributed by atoms with van der Waals surface area (Å²) in [6, 6.07) is 11.4. The molecule has 0 aromatic heterocycles. The Morgan fingerprint density at radius 1 is 1.05 bits per heavy atom. The first-order chi connectivity index (χ1) is 10.9. The standard InChI is InChI=1S/C19H29NO2/c1-2-6-17(7-3-1)8-4-5-12-20-18-9-13-22-19(16-18)10-14-21-15-11-19/h1-3,6-7,18,20H,4-5,8-16H2. The van der Waals surface area contributed by atoms with Crippen molar-refractivity contribution in [3.8, 4) is 0 Å². The third kappa shape index (κ3) is 4.55. The number of hydrogen-bond donors (Lipinski definition) is 1. The molecule has 2 saturated heterocycles. The largest absolute Gasteiger partial charge is 0.381 e. The van der Waals surface area contributed by atoms with Crippen molar-refractivity contribution in [2.75, 3.05) is 26.4 Å². The van der Waals surface area contributed by atoms with Crippen molar-refractivity contribution in [3.63, 3.8) is 0 Å². The van der Waals surface area contributed by atoms with Crippen molar-refractivity contribution >= 4 is 0 Å². The monoisotopic (exact) mass is 303 g/mol. The van der Waals surface area contributed by atoms with Crippen LogP contribution in [0.5, 0.6) is 0 Å². The van der Waals surface area contributed by atoms with Gasteiger partial charge in [-0.1, -0.05) is 30.3 Å². The third-order valence-electron chi connectivity index (χ3n) is 5.07. The van der Waals surface area contributed by atoms with Crippen LogP contribution in [0.2, 0.25) is 0 Å². The van der Waals surface area contributed by atoms with Crippen molar-refractivity contribution in [3.05, 3.63) is 35.9 Å². The smallest absolute Gasteiger partial charge is 0.0741 e. The molecule has 0 amide bonds. The zero-order chi connectivity index (χ0) is 15.1. The van der Waals surface area contributed by atoms with E-state index in [1.54, 1.807) is 0 Å². The Hall–Kier alpha value is -0.900.